The number of rotatable bonds is 7. The zero-order valence-corrected chi connectivity index (χ0v) is 13.3. The monoisotopic (exact) mass is 304 g/mol. The van der Waals surface area contributed by atoms with Crippen molar-refractivity contribution in [3.05, 3.63) is 0 Å². The molecule has 2 aliphatic rings. The standard InChI is InChI=1S/C14H28N2O3S/c1-2-16(12-14-4-3-10-19-14)20(17,18)11-7-13-5-8-15-9-6-13/h13-15H,2-12H2,1H3. The summed E-state index contributed by atoms with van der Waals surface area (Å²) in [6, 6.07) is 0. The SMILES string of the molecule is CCN(CC1CCCO1)S(=O)(=O)CCC1CCNCC1. The molecule has 118 valence electrons. The number of hydrogen-bond donors (Lipinski definition) is 1. The molecule has 0 aromatic carbocycles. The average molecular weight is 304 g/mol. The van der Waals surface area contributed by atoms with Crippen molar-refractivity contribution in [1.82, 2.24) is 9.62 Å². The Morgan fingerprint density at radius 1 is 1.25 bits per heavy atom. The van der Waals surface area contributed by atoms with E-state index in [0.717, 1.165) is 51.8 Å². The molecule has 2 aliphatic heterocycles. The van der Waals surface area contributed by atoms with E-state index >= 15 is 0 Å². The first-order chi connectivity index (χ1) is 9.62. The number of hydrogen-bond acceptors (Lipinski definition) is 4. The van der Waals surface area contributed by atoms with Gasteiger partial charge in [-0.15, -0.1) is 0 Å². The van der Waals surface area contributed by atoms with Crippen LogP contribution in [0.3, 0.4) is 0 Å². The third-order valence-electron chi connectivity index (χ3n) is 4.42. The van der Waals surface area contributed by atoms with E-state index in [9.17, 15) is 8.42 Å². The van der Waals surface area contributed by atoms with Crippen LogP contribution in [0, 0.1) is 5.92 Å². The highest BCUT2D eigenvalue weighted by Gasteiger charge is 2.27. The first-order valence-electron chi connectivity index (χ1n) is 7.92. The number of sulfonamides is 1. The molecule has 0 spiro atoms. The summed E-state index contributed by atoms with van der Waals surface area (Å²) in [6.45, 7) is 5.82. The van der Waals surface area contributed by atoms with Gasteiger partial charge in [-0.3, -0.25) is 0 Å². The van der Waals surface area contributed by atoms with Crippen molar-refractivity contribution in [2.75, 3.05) is 38.5 Å². The number of piperidine rings is 1. The molecule has 0 aliphatic carbocycles. The van der Waals surface area contributed by atoms with E-state index in [1.54, 1.807) is 4.31 Å². The fourth-order valence-electron chi connectivity index (χ4n) is 3.07. The Morgan fingerprint density at radius 2 is 2.00 bits per heavy atom. The molecule has 1 N–H and O–H groups in total. The second-order valence-corrected chi connectivity index (χ2v) is 7.97. The third-order valence-corrected chi connectivity index (χ3v) is 6.37. The minimum atomic E-state index is -3.13. The lowest BCUT2D eigenvalue weighted by Crippen LogP contribution is -2.39. The van der Waals surface area contributed by atoms with Gasteiger partial charge in [-0.2, -0.15) is 4.31 Å². The lowest BCUT2D eigenvalue weighted by Gasteiger charge is -2.26. The van der Waals surface area contributed by atoms with Crippen LogP contribution in [0.5, 0.6) is 0 Å². The van der Waals surface area contributed by atoms with Crippen LogP contribution in [0.1, 0.15) is 39.0 Å². The molecule has 2 saturated heterocycles. The van der Waals surface area contributed by atoms with Gasteiger partial charge in [0.15, 0.2) is 0 Å². The van der Waals surface area contributed by atoms with E-state index in [4.69, 9.17) is 4.74 Å². The Hall–Kier alpha value is -0.170. The summed E-state index contributed by atoms with van der Waals surface area (Å²) in [7, 11) is -3.13. The second kappa shape index (κ2) is 7.73. The van der Waals surface area contributed by atoms with Crippen LogP contribution in [-0.4, -0.2) is 57.4 Å². The van der Waals surface area contributed by atoms with Crippen LogP contribution in [0.15, 0.2) is 0 Å². The molecule has 2 heterocycles. The molecule has 1 unspecified atom stereocenters. The lowest BCUT2D eigenvalue weighted by atomic mass is 9.96. The van der Waals surface area contributed by atoms with Crippen LogP contribution in [0.4, 0.5) is 0 Å². The predicted molar refractivity (Wildman–Crippen MR) is 80.2 cm³/mol. The summed E-state index contributed by atoms with van der Waals surface area (Å²) in [4.78, 5) is 0. The number of likely N-dealkylation sites (N-methyl/N-ethyl adjacent to an activating group) is 1. The fraction of sp³-hybridized carbons (Fsp3) is 1.00. The first kappa shape index (κ1) is 16.2. The number of nitrogens with zero attached hydrogens (tertiary/aromatic N) is 1. The Morgan fingerprint density at radius 3 is 2.60 bits per heavy atom. The number of nitrogens with one attached hydrogen (secondary N) is 1. The molecule has 0 aromatic rings. The van der Waals surface area contributed by atoms with E-state index < -0.39 is 10.0 Å². The van der Waals surface area contributed by atoms with Gasteiger partial charge >= 0.3 is 0 Å². The molecular weight excluding hydrogens is 276 g/mol. The maximum absolute atomic E-state index is 12.4. The maximum atomic E-state index is 12.4. The van der Waals surface area contributed by atoms with Crippen LogP contribution in [0.2, 0.25) is 0 Å². The summed E-state index contributed by atoms with van der Waals surface area (Å²) < 4.78 is 32.1. The smallest absolute Gasteiger partial charge is 0.214 e. The molecule has 0 aromatic heterocycles. The van der Waals surface area contributed by atoms with Gasteiger partial charge < -0.3 is 10.1 Å². The molecule has 0 saturated carbocycles. The topological polar surface area (TPSA) is 58.6 Å². The zero-order valence-electron chi connectivity index (χ0n) is 12.5. The van der Waals surface area contributed by atoms with Crippen molar-refractivity contribution >= 4 is 10.0 Å². The summed E-state index contributed by atoms with van der Waals surface area (Å²) in [5, 5.41) is 3.32. The molecular formula is C14H28N2O3S. The van der Waals surface area contributed by atoms with Gasteiger partial charge in [0.1, 0.15) is 0 Å². The van der Waals surface area contributed by atoms with Crippen LogP contribution in [0.25, 0.3) is 0 Å². The van der Waals surface area contributed by atoms with Crippen molar-refractivity contribution in [2.45, 2.75) is 45.1 Å². The zero-order chi connectivity index (χ0) is 14.4. The van der Waals surface area contributed by atoms with Gasteiger partial charge in [0.2, 0.25) is 10.0 Å². The van der Waals surface area contributed by atoms with Gasteiger partial charge in [-0.1, -0.05) is 6.92 Å². The second-order valence-electron chi connectivity index (χ2n) is 5.88. The third kappa shape index (κ3) is 4.69. The summed E-state index contributed by atoms with van der Waals surface area (Å²) >= 11 is 0. The summed E-state index contributed by atoms with van der Waals surface area (Å²) in [6.07, 6.45) is 5.15. The van der Waals surface area contributed by atoms with Crippen LogP contribution >= 0.6 is 0 Å². The van der Waals surface area contributed by atoms with E-state index in [1.807, 2.05) is 6.92 Å². The summed E-state index contributed by atoms with van der Waals surface area (Å²) in [5.74, 6) is 0.852. The highest BCUT2D eigenvalue weighted by Crippen LogP contribution is 2.19. The van der Waals surface area contributed by atoms with Gasteiger partial charge in [-0.25, -0.2) is 8.42 Å². The first-order valence-corrected chi connectivity index (χ1v) is 9.53. The molecule has 2 fully saturated rings. The average Bonchev–Trinajstić information content (AvgIpc) is 2.97. The normalized spacial score (nSPS) is 25.4. The van der Waals surface area contributed by atoms with Crippen molar-refractivity contribution in [3.8, 4) is 0 Å². The molecule has 2 rings (SSSR count). The highest BCUT2D eigenvalue weighted by molar-refractivity contribution is 7.89. The van der Waals surface area contributed by atoms with E-state index in [0.29, 0.717) is 19.0 Å². The Kier molecular flexibility index (Phi) is 6.26. The molecule has 1 atom stereocenters. The quantitative estimate of drug-likeness (QED) is 0.768. The molecule has 6 heteroatoms. The van der Waals surface area contributed by atoms with Crippen LogP contribution < -0.4 is 5.32 Å². The maximum Gasteiger partial charge on any atom is 0.214 e. The van der Waals surface area contributed by atoms with E-state index in [1.165, 1.54) is 0 Å². The van der Waals surface area contributed by atoms with Gasteiger partial charge in [0.05, 0.1) is 11.9 Å². The van der Waals surface area contributed by atoms with Crippen molar-refractivity contribution < 1.29 is 13.2 Å². The molecule has 0 bridgehead atoms. The van der Waals surface area contributed by atoms with Crippen molar-refractivity contribution in [1.29, 1.82) is 0 Å². The van der Waals surface area contributed by atoms with E-state index in [2.05, 4.69) is 5.32 Å². The van der Waals surface area contributed by atoms with Crippen LogP contribution in [-0.2, 0) is 14.8 Å². The minimum absolute atomic E-state index is 0.101. The largest absolute Gasteiger partial charge is 0.377 e. The van der Waals surface area contributed by atoms with Crippen molar-refractivity contribution in [3.63, 3.8) is 0 Å². The Labute approximate surface area is 123 Å². The Balaban J connectivity index is 1.82. The fourth-order valence-corrected chi connectivity index (χ4v) is 4.75. The van der Waals surface area contributed by atoms with Gasteiger partial charge in [-0.05, 0) is 51.1 Å². The lowest BCUT2D eigenvalue weighted by molar-refractivity contribution is 0.0946. The summed E-state index contributed by atoms with van der Waals surface area (Å²) in [5.41, 5.74) is 0. The van der Waals surface area contributed by atoms with Gasteiger partial charge in [0.25, 0.3) is 0 Å². The number of ether oxygens (including phenoxy) is 1. The molecule has 0 radical (unpaired) electrons. The molecule has 5 nitrogen and oxygen atoms in total. The van der Waals surface area contributed by atoms with Crippen molar-refractivity contribution in [2.24, 2.45) is 5.92 Å². The predicted octanol–water partition coefficient (Wildman–Crippen LogP) is 1.21. The van der Waals surface area contributed by atoms with E-state index in [-0.39, 0.29) is 11.9 Å². The van der Waals surface area contributed by atoms with Gasteiger partial charge in [0, 0.05) is 19.7 Å². The molecule has 0 amide bonds. The minimum Gasteiger partial charge on any atom is -0.377 e. The highest BCUT2D eigenvalue weighted by atomic mass is 32.2. The Bertz CT molecular complexity index is 374. The molecule has 20 heavy (non-hydrogen) atoms.